The van der Waals surface area contributed by atoms with Crippen LogP contribution >= 0.6 is 0 Å². The van der Waals surface area contributed by atoms with Crippen LogP contribution in [0.5, 0.6) is 0 Å². The average molecular weight is 232 g/mol. The first kappa shape index (κ1) is 12.6. The molecule has 0 atom stereocenters. The first-order valence-electron chi connectivity index (χ1n) is 6.60. The summed E-state index contributed by atoms with van der Waals surface area (Å²) in [5.41, 5.74) is 9.42. The standard InChI is InChI=1S/C15H24N2/c1-12-5-4-10-17-13(12)11-15(16)8-6-14(2,3)7-9-15/h4-5,10H,6-9,11,16H2,1-3H3. The summed E-state index contributed by atoms with van der Waals surface area (Å²) in [5.74, 6) is 0. The number of nitrogens with two attached hydrogens (primary N) is 1. The van der Waals surface area contributed by atoms with E-state index in [1.807, 2.05) is 12.3 Å². The fraction of sp³-hybridized carbons (Fsp3) is 0.667. The molecule has 0 aliphatic heterocycles. The van der Waals surface area contributed by atoms with Crippen LogP contribution in [0.4, 0.5) is 0 Å². The maximum Gasteiger partial charge on any atom is 0.0451 e. The summed E-state index contributed by atoms with van der Waals surface area (Å²) < 4.78 is 0. The van der Waals surface area contributed by atoms with E-state index in [0.717, 1.165) is 19.3 Å². The van der Waals surface area contributed by atoms with Crippen molar-refractivity contribution in [1.82, 2.24) is 4.98 Å². The second-order valence-electron chi connectivity index (χ2n) is 6.47. The maximum absolute atomic E-state index is 6.54. The lowest BCUT2D eigenvalue weighted by Gasteiger charge is -2.41. The number of hydrogen-bond acceptors (Lipinski definition) is 2. The van der Waals surface area contributed by atoms with Gasteiger partial charge in [-0.3, -0.25) is 4.98 Å². The van der Waals surface area contributed by atoms with Gasteiger partial charge in [0.05, 0.1) is 0 Å². The van der Waals surface area contributed by atoms with Crippen molar-refractivity contribution in [2.24, 2.45) is 11.1 Å². The lowest BCUT2D eigenvalue weighted by molar-refractivity contribution is 0.164. The third-order valence-corrected chi connectivity index (χ3v) is 4.24. The Morgan fingerprint density at radius 1 is 1.24 bits per heavy atom. The van der Waals surface area contributed by atoms with Crippen LogP contribution in [0, 0.1) is 12.3 Å². The Morgan fingerprint density at radius 2 is 1.88 bits per heavy atom. The molecular formula is C15H24N2. The van der Waals surface area contributed by atoms with Crippen LogP contribution in [0.3, 0.4) is 0 Å². The van der Waals surface area contributed by atoms with Gasteiger partial charge in [0, 0.05) is 23.9 Å². The summed E-state index contributed by atoms with van der Waals surface area (Å²) in [6.07, 6.45) is 7.50. The Balaban J connectivity index is 2.07. The summed E-state index contributed by atoms with van der Waals surface area (Å²) >= 11 is 0. The van der Waals surface area contributed by atoms with E-state index in [9.17, 15) is 0 Å². The number of hydrogen-bond donors (Lipinski definition) is 1. The first-order chi connectivity index (χ1) is 7.90. The molecular weight excluding hydrogens is 208 g/mol. The molecule has 0 amide bonds. The Morgan fingerprint density at radius 3 is 2.47 bits per heavy atom. The molecule has 2 rings (SSSR count). The van der Waals surface area contributed by atoms with E-state index in [4.69, 9.17) is 5.73 Å². The first-order valence-corrected chi connectivity index (χ1v) is 6.60. The van der Waals surface area contributed by atoms with Crippen molar-refractivity contribution in [2.75, 3.05) is 0 Å². The highest BCUT2D eigenvalue weighted by Gasteiger charge is 2.35. The SMILES string of the molecule is Cc1cccnc1CC1(N)CCC(C)(C)CC1. The van der Waals surface area contributed by atoms with Crippen molar-refractivity contribution < 1.29 is 0 Å². The third kappa shape index (κ3) is 3.06. The maximum atomic E-state index is 6.54. The minimum atomic E-state index is -0.0331. The van der Waals surface area contributed by atoms with E-state index in [1.165, 1.54) is 24.1 Å². The van der Waals surface area contributed by atoms with Crippen LogP contribution in [0.25, 0.3) is 0 Å². The van der Waals surface area contributed by atoms with Gasteiger partial charge < -0.3 is 5.73 Å². The molecule has 1 aromatic rings. The van der Waals surface area contributed by atoms with Gasteiger partial charge in [-0.25, -0.2) is 0 Å². The zero-order valence-electron chi connectivity index (χ0n) is 11.3. The molecule has 1 aromatic heterocycles. The lowest BCUT2D eigenvalue weighted by atomic mass is 9.68. The Labute approximate surface area is 105 Å². The van der Waals surface area contributed by atoms with Crippen molar-refractivity contribution in [3.8, 4) is 0 Å². The fourth-order valence-electron chi connectivity index (χ4n) is 2.64. The van der Waals surface area contributed by atoms with E-state index in [1.54, 1.807) is 0 Å². The molecule has 2 heteroatoms. The molecule has 1 heterocycles. The number of pyridine rings is 1. The van der Waals surface area contributed by atoms with Gasteiger partial charge in [0.25, 0.3) is 0 Å². The number of aryl methyl sites for hydroxylation is 1. The highest BCUT2D eigenvalue weighted by Crippen LogP contribution is 2.40. The van der Waals surface area contributed by atoms with Gasteiger partial charge in [-0.05, 0) is 49.7 Å². The summed E-state index contributed by atoms with van der Waals surface area (Å²) in [4.78, 5) is 4.47. The van der Waals surface area contributed by atoms with E-state index in [2.05, 4.69) is 31.8 Å². The van der Waals surface area contributed by atoms with Crippen LogP contribution in [0.1, 0.15) is 50.8 Å². The van der Waals surface area contributed by atoms with Crippen LogP contribution in [-0.2, 0) is 6.42 Å². The zero-order chi connectivity index (χ0) is 12.5. The predicted molar refractivity (Wildman–Crippen MR) is 71.8 cm³/mol. The van der Waals surface area contributed by atoms with Crippen molar-refractivity contribution in [3.63, 3.8) is 0 Å². The molecule has 0 aromatic carbocycles. The zero-order valence-corrected chi connectivity index (χ0v) is 11.3. The molecule has 0 unspecified atom stereocenters. The molecule has 0 bridgehead atoms. The predicted octanol–water partition coefficient (Wildman–Crippen LogP) is 3.23. The van der Waals surface area contributed by atoms with Gasteiger partial charge in [-0.2, -0.15) is 0 Å². The smallest absolute Gasteiger partial charge is 0.0451 e. The topological polar surface area (TPSA) is 38.9 Å². The third-order valence-electron chi connectivity index (χ3n) is 4.24. The van der Waals surface area contributed by atoms with Crippen LogP contribution in [0.2, 0.25) is 0 Å². The van der Waals surface area contributed by atoms with E-state index >= 15 is 0 Å². The summed E-state index contributed by atoms with van der Waals surface area (Å²) in [5, 5.41) is 0. The van der Waals surface area contributed by atoms with E-state index < -0.39 is 0 Å². The summed E-state index contributed by atoms with van der Waals surface area (Å²) in [6.45, 7) is 6.82. The molecule has 2 N–H and O–H groups in total. The largest absolute Gasteiger partial charge is 0.325 e. The van der Waals surface area contributed by atoms with Gasteiger partial charge in [0.2, 0.25) is 0 Å². The number of aromatic nitrogens is 1. The van der Waals surface area contributed by atoms with Crippen molar-refractivity contribution in [2.45, 2.75) is 58.4 Å². The van der Waals surface area contributed by atoms with Crippen molar-refractivity contribution in [1.29, 1.82) is 0 Å². The molecule has 0 radical (unpaired) electrons. The lowest BCUT2D eigenvalue weighted by Crippen LogP contribution is -2.47. The number of rotatable bonds is 2. The van der Waals surface area contributed by atoms with Crippen LogP contribution < -0.4 is 5.73 Å². The van der Waals surface area contributed by atoms with Crippen molar-refractivity contribution >= 4 is 0 Å². The molecule has 0 spiro atoms. The number of nitrogens with zero attached hydrogens (tertiary/aromatic N) is 1. The summed E-state index contributed by atoms with van der Waals surface area (Å²) in [7, 11) is 0. The van der Waals surface area contributed by atoms with Gasteiger partial charge in [0.15, 0.2) is 0 Å². The van der Waals surface area contributed by atoms with Gasteiger partial charge >= 0.3 is 0 Å². The molecule has 17 heavy (non-hydrogen) atoms. The highest BCUT2D eigenvalue weighted by molar-refractivity contribution is 5.20. The second kappa shape index (κ2) is 4.41. The Hall–Kier alpha value is -0.890. The molecule has 94 valence electrons. The van der Waals surface area contributed by atoms with Crippen LogP contribution in [0.15, 0.2) is 18.3 Å². The van der Waals surface area contributed by atoms with Gasteiger partial charge in [-0.15, -0.1) is 0 Å². The second-order valence-corrected chi connectivity index (χ2v) is 6.47. The molecule has 0 saturated heterocycles. The summed E-state index contributed by atoms with van der Waals surface area (Å²) in [6, 6.07) is 4.12. The minimum absolute atomic E-state index is 0.0331. The molecule has 1 aliphatic rings. The molecule has 1 saturated carbocycles. The average Bonchev–Trinajstić information content (AvgIpc) is 2.27. The fourth-order valence-corrected chi connectivity index (χ4v) is 2.64. The Kier molecular flexibility index (Phi) is 3.26. The van der Waals surface area contributed by atoms with Gasteiger partial charge in [0.1, 0.15) is 0 Å². The van der Waals surface area contributed by atoms with E-state index in [0.29, 0.717) is 5.41 Å². The Bertz CT molecular complexity index is 386. The van der Waals surface area contributed by atoms with Crippen LogP contribution in [-0.4, -0.2) is 10.5 Å². The minimum Gasteiger partial charge on any atom is -0.325 e. The molecule has 1 fully saturated rings. The normalized spacial score (nSPS) is 22.4. The molecule has 1 aliphatic carbocycles. The van der Waals surface area contributed by atoms with E-state index in [-0.39, 0.29) is 5.54 Å². The highest BCUT2D eigenvalue weighted by atomic mass is 14.8. The monoisotopic (exact) mass is 232 g/mol. The molecule has 2 nitrogen and oxygen atoms in total. The van der Waals surface area contributed by atoms with Crippen molar-refractivity contribution in [3.05, 3.63) is 29.6 Å². The van der Waals surface area contributed by atoms with Gasteiger partial charge in [-0.1, -0.05) is 19.9 Å². The quantitative estimate of drug-likeness (QED) is 0.850.